The quantitative estimate of drug-likeness (QED) is 0.359. The summed E-state index contributed by atoms with van der Waals surface area (Å²) >= 11 is 6.41. The number of hydrogen-bond acceptors (Lipinski definition) is 3. The van der Waals surface area contributed by atoms with E-state index in [4.69, 9.17) is 16.3 Å². The zero-order valence-electron chi connectivity index (χ0n) is 18.7. The molecular formula is C25H36ClNO3. The van der Waals surface area contributed by atoms with Crippen molar-refractivity contribution in [1.29, 1.82) is 0 Å². The number of nitrogens with one attached hydrogen (secondary N) is 1. The van der Waals surface area contributed by atoms with Gasteiger partial charge in [0.25, 0.3) is 0 Å². The largest absolute Gasteiger partial charge is 0.493 e. The van der Waals surface area contributed by atoms with Crippen molar-refractivity contribution in [3.05, 3.63) is 22.7 Å². The Morgan fingerprint density at radius 2 is 1.53 bits per heavy atom. The average molecular weight is 434 g/mol. The van der Waals surface area contributed by atoms with Gasteiger partial charge in [0.15, 0.2) is 5.78 Å². The number of fused-ring (bicyclic) bond motifs is 3. The van der Waals surface area contributed by atoms with Crippen LogP contribution in [0.1, 0.15) is 95.3 Å². The van der Waals surface area contributed by atoms with Crippen molar-refractivity contribution in [2.75, 3.05) is 11.9 Å². The molecule has 4 nitrogen and oxygen atoms in total. The molecule has 1 fully saturated rings. The van der Waals surface area contributed by atoms with Crippen LogP contribution in [0, 0.1) is 17.3 Å². The second-order valence-corrected chi connectivity index (χ2v) is 9.87. The number of ketones is 1. The van der Waals surface area contributed by atoms with Gasteiger partial charge in [-0.1, -0.05) is 90.2 Å². The van der Waals surface area contributed by atoms with Gasteiger partial charge >= 0.3 is 0 Å². The second-order valence-electron chi connectivity index (χ2n) is 9.49. The van der Waals surface area contributed by atoms with Crippen molar-refractivity contribution in [2.45, 2.75) is 85.0 Å². The van der Waals surface area contributed by atoms with Crippen LogP contribution >= 0.6 is 11.6 Å². The van der Waals surface area contributed by atoms with Crippen LogP contribution in [0.3, 0.4) is 0 Å². The summed E-state index contributed by atoms with van der Waals surface area (Å²) in [6.07, 6.45) is 12.7. The third-order valence-electron chi connectivity index (χ3n) is 6.73. The molecule has 2 atom stereocenters. The van der Waals surface area contributed by atoms with Crippen LogP contribution < -0.4 is 10.1 Å². The van der Waals surface area contributed by atoms with Crippen molar-refractivity contribution < 1.29 is 14.3 Å². The molecule has 2 bridgehead atoms. The maximum Gasteiger partial charge on any atom is 0.228 e. The Morgan fingerprint density at radius 3 is 2.17 bits per heavy atom. The molecule has 1 aliphatic heterocycles. The number of benzene rings is 1. The van der Waals surface area contributed by atoms with Gasteiger partial charge in [0.05, 0.1) is 23.2 Å². The molecule has 1 aromatic rings. The van der Waals surface area contributed by atoms with Gasteiger partial charge in [-0.3, -0.25) is 9.59 Å². The monoisotopic (exact) mass is 433 g/mol. The van der Waals surface area contributed by atoms with Crippen LogP contribution in [0.5, 0.6) is 5.75 Å². The van der Waals surface area contributed by atoms with Crippen LogP contribution in [0.15, 0.2) is 12.1 Å². The Bertz CT molecular complexity index is 774. The maximum absolute atomic E-state index is 13.0. The van der Waals surface area contributed by atoms with Gasteiger partial charge in [0, 0.05) is 17.5 Å². The lowest BCUT2D eigenvalue weighted by Crippen LogP contribution is -2.21. The maximum atomic E-state index is 13.0. The SMILES string of the molecule is CCCCCCCCCCCCOc1cc2c(Cl)c(c1)C(=O)C1C(C(=O)N2)C1(C)C. The number of rotatable bonds is 12. The first kappa shape index (κ1) is 23.1. The highest BCUT2D eigenvalue weighted by Gasteiger charge is 2.66. The van der Waals surface area contributed by atoms with E-state index < -0.39 is 0 Å². The van der Waals surface area contributed by atoms with Crippen LogP contribution in [0.25, 0.3) is 0 Å². The molecule has 3 rings (SSSR count). The first-order valence-electron chi connectivity index (χ1n) is 11.7. The van der Waals surface area contributed by atoms with Gasteiger partial charge in [-0.25, -0.2) is 0 Å². The van der Waals surface area contributed by atoms with Gasteiger partial charge in [0.2, 0.25) is 5.91 Å². The molecule has 5 heteroatoms. The lowest BCUT2D eigenvalue weighted by atomic mass is 10.00. The predicted molar refractivity (Wildman–Crippen MR) is 123 cm³/mol. The average Bonchev–Trinajstić information content (AvgIpc) is 3.29. The second kappa shape index (κ2) is 10.2. The molecule has 1 amide bonds. The fourth-order valence-electron chi connectivity index (χ4n) is 4.73. The molecule has 0 spiro atoms. The van der Waals surface area contributed by atoms with E-state index in [9.17, 15) is 9.59 Å². The Kier molecular flexibility index (Phi) is 7.84. The summed E-state index contributed by atoms with van der Waals surface area (Å²) in [4.78, 5) is 25.5. The number of halogens is 1. The highest BCUT2D eigenvalue weighted by atomic mass is 35.5. The summed E-state index contributed by atoms with van der Waals surface area (Å²) in [6.45, 7) is 6.78. The number of Topliss-reactive ketones (excluding diaryl/α,β-unsaturated/α-hetero) is 1. The number of amides is 1. The Hall–Kier alpha value is -1.55. The number of carbonyl (C=O) groups excluding carboxylic acids is 2. The van der Waals surface area contributed by atoms with E-state index in [1.165, 1.54) is 51.4 Å². The molecule has 1 N–H and O–H groups in total. The van der Waals surface area contributed by atoms with Crippen molar-refractivity contribution in [3.8, 4) is 5.75 Å². The summed E-state index contributed by atoms with van der Waals surface area (Å²) < 4.78 is 5.91. The van der Waals surface area contributed by atoms with Crippen molar-refractivity contribution in [1.82, 2.24) is 0 Å². The highest BCUT2D eigenvalue weighted by molar-refractivity contribution is 6.38. The van der Waals surface area contributed by atoms with Crippen LogP contribution in [-0.2, 0) is 4.79 Å². The summed E-state index contributed by atoms with van der Waals surface area (Å²) in [6, 6.07) is 3.48. The van der Waals surface area contributed by atoms with E-state index in [1.54, 1.807) is 12.1 Å². The topological polar surface area (TPSA) is 55.4 Å². The van der Waals surface area contributed by atoms with E-state index >= 15 is 0 Å². The first-order valence-corrected chi connectivity index (χ1v) is 12.1. The molecule has 1 heterocycles. The Labute approximate surface area is 186 Å². The summed E-state index contributed by atoms with van der Waals surface area (Å²) in [5.41, 5.74) is 0.619. The summed E-state index contributed by atoms with van der Waals surface area (Å²) in [5.74, 6) is -0.157. The normalized spacial score (nSPS) is 21.5. The van der Waals surface area contributed by atoms with E-state index in [-0.39, 0.29) is 28.9 Å². The Morgan fingerprint density at radius 1 is 0.933 bits per heavy atom. The van der Waals surface area contributed by atoms with Gasteiger partial charge in [0.1, 0.15) is 5.75 Å². The minimum Gasteiger partial charge on any atom is -0.493 e. The number of carbonyl (C=O) groups is 2. The van der Waals surface area contributed by atoms with Crippen LogP contribution in [0.2, 0.25) is 5.02 Å². The highest BCUT2D eigenvalue weighted by Crippen LogP contribution is 2.61. The molecule has 30 heavy (non-hydrogen) atoms. The molecule has 1 saturated carbocycles. The lowest BCUT2D eigenvalue weighted by molar-refractivity contribution is -0.118. The predicted octanol–water partition coefficient (Wildman–Crippen LogP) is 7.05. The molecule has 0 aromatic heterocycles. The van der Waals surface area contributed by atoms with Crippen molar-refractivity contribution in [3.63, 3.8) is 0 Å². The lowest BCUT2D eigenvalue weighted by Gasteiger charge is -2.16. The molecule has 2 unspecified atom stereocenters. The van der Waals surface area contributed by atoms with Crippen LogP contribution in [0.4, 0.5) is 5.69 Å². The minimum absolute atomic E-state index is 0.0458. The number of unbranched alkanes of at least 4 members (excludes halogenated alkanes) is 9. The summed E-state index contributed by atoms with van der Waals surface area (Å²) in [5, 5.41) is 3.22. The molecule has 1 aromatic carbocycles. The zero-order chi connectivity index (χ0) is 21.7. The number of ether oxygens (including phenoxy) is 1. The van der Waals surface area contributed by atoms with E-state index in [2.05, 4.69) is 12.2 Å². The minimum atomic E-state index is -0.325. The van der Waals surface area contributed by atoms with Gasteiger partial charge < -0.3 is 10.1 Å². The Balaban J connectivity index is 1.45. The third-order valence-corrected chi connectivity index (χ3v) is 7.14. The van der Waals surface area contributed by atoms with E-state index in [1.807, 2.05) is 13.8 Å². The molecule has 0 saturated heterocycles. The van der Waals surface area contributed by atoms with Crippen LogP contribution in [-0.4, -0.2) is 18.3 Å². The van der Waals surface area contributed by atoms with Gasteiger partial charge in [-0.15, -0.1) is 0 Å². The van der Waals surface area contributed by atoms with Crippen molar-refractivity contribution >= 4 is 29.0 Å². The zero-order valence-corrected chi connectivity index (χ0v) is 19.4. The smallest absolute Gasteiger partial charge is 0.228 e. The molecule has 2 aliphatic rings. The number of anilines is 1. The van der Waals surface area contributed by atoms with E-state index in [0.29, 0.717) is 28.6 Å². The summed E-state index contributed by atoms with van der Waals surface area (Å²) in [7, 11) is 0. The molecule has 1 aliphatic carbocycles. The standard InChI is InChI=1S/C25H36ClNO3/c1-4-5-6-7-8-9-10-11-12-13-14-30-17-15-18-22(26)19(16-17)27-24(29)21-20(23(18)28)25(21,2)3/h15-16,20-21H,4-14H2,1-3H3,(H,27,29). The number of hydrogen-bond donors (Lipinski definition) is 1. The first-order chi connectivity index (χ1) is 14.4. The third kappa shape index (κ3) is 5.19. The van der Waals surface area contributed by atoms with E-state index in [0.717, 1.165) is 12.8 Å². The van der Waals surface area contributed by atoms with Gasteiger partial charge in [-0.2, -0.15) is 0 Å². The van der Waals surface area contributed by atoms with Crippen molar-refractivity contribution in [2.24, 2.45) is 17.3 Å². The fraction of sp³-hybridized carbons (Fsp3) is 0.680. The molecule has 166 valence electrons. The fourth-order valence-corrected chi connectivity index (χ4v) is 4.97. The van der Waals surface area contributed by atoms with Gasteiger partial charge in [-0.05, 0) is 17.9 Å². The molecular weight excluding hydrogens is 398 g/mol. The molecule has 0 radical (unpaired) electrons.